The van der Waals surface area contributed by atoms with Gasteiger partial charge in [0, 0.05) is 23.5 Å². The number of halogens is 1. The van der Waals surface area contributed by atoms with Crippen LogP contribution in [0.1, 0.15) is 23.2 Å². The van der Waals surface area contributed by atoms with E-state index in [9.17, 15) is 14.0 Å². The zero-order valence-electron chi connectivity index (χ0n) is 10.4. The topological polar surface area (TPSA) is 49.4 Å². The molecule has 2 amide bonds. The predicted octanol–water partition coefficient (Wildman–Crippen LogP) is 1.47. The van der Waals surface area contributed by atoms with E-state index in [0.29, 0.717) is 5.56 Å². The molecule has 102 valence electrons. The Balaban J connectivity index is 1.90. The molecule has 1 heterocycles. The SMILES string of the molecule is O=C(NCC(=O)N1CCCC1)c1ccc(F)c(S)c1. The third-order valence-electron chi connectivity index (χ3n) is 3.07. The van der Waals surface area contributed by atoms with E-state index in [1.807, 2.05) is 0 Å². The third-order valence-corrected chi connectivity index (χ3v) is 3.41. The van der Waals surface area contributed by atoms with Gasteiger partial charge in [-0.05, 0) is 31.0 Å². The molecule has 1 aliphatic heterocycles. The van der Waals surface area contributed by atoms with Crippen molar-refractivity contribution < 1.29 is 14.0 Å². The Morgan fingerprint density at radius 1 is 1.32 bits per heavy atom. The highest BCUT2D eigenvalue weighted by molar-refractivity contribution is 7.80. The Bertz CT molecular complexity index is 501. The molecule has 1 aromatic rings. The number of hydrogen-bond acceptors (Lipinski definition) is 3. The first-order chi connectivity index (χ1) is 9.08. The quantitative estimate of drug-likeness (QED) is 0.825. The largest absolute Gasteiger partial charge is 0.343 e. The number of nitrogens with one attached hydrogen (secondary N) is 1. The van der Waals surface area contributed by atoms with Crippen LogP contribution in [0.15, 0.2) is 23.1 Å². The molecule has 0 spiro atoms. The van der Waals surface area contributed by atoms with Crippen LogP contribution in [0.3, 0.4) is 0 Å². The van der Waals surface area contributed by atoms with Gasteiger partial charge in [-0.1, -0.05) is 0 Å². The lowest BCUT2D eigenvalue weighted by Gasteiger charge is -2.15. The molecule has 4 nitrogen and oxygen atoms in total. The molecule has 0 aromatic heterocycles. The minimum Gasteiger partial charge on any atom is -0.343 e. The average Bonchev–Trinajstić information content (AvgIpc) is 2.92. The maximum Gasteiger partial charge on any atom is 0.251 e. The molecule has 0 radical (unpaired) electrons. The second kappa shape index (κ2) is 6.06. The molecule has 0 aliphatic carbocycles. The summed E-state index contributed by atoms with van der Waals surface area (Å²) in [6.07, 6.45) is 2.03. The molecule has 0 saturated carbocycles. The summed E-state index contributed by atoms with van der Waals surface area (Å²) in [7, 11) is 0. The third kappa shape index (κ3) is 3.47. The van der Waals surface area contributed by atoms with Crippen molar-refractivity contribution in [2.45, 2.75) is 17.7 Å². The van der Waals surface area contributed by atoms with E-state index in [4.69, 9.17) is 0 Å². The molecule has 6 heteroatoms. The smallest absolute Gasteiger partial charge is 0.251 e. The minimum absolute atomic E-state index is 0.0296. The summed E-state index contributed by atoms with van der Waals surface area (Å²) in [6, 6.07) is 3.89. The lowest BCUT2D eigenvalue weighted by molar-refractivity contribution is -0.129. The lowest BCUT2D eigenvalue weighted by atomic mass is 10.2. The summed E-state index contributed by atoms with van der Waals surface area (Å²) in [5.74, 6) is -0.963. The number of hydrogen-bond donors (Lipinski definition) is 2. The van der Waals surface area contributed by atoms with Crippen molar-refractivity contribution in [1.29, 1.82) is 0 Å². The minimum atomic E-state index is -0.479. The van der Waals surface area contributed by atoms with Crippen molar-refractivity contribution in [3.8, 4) is 0 Å². The average molecular weight is 282 g/mol. The number of carbonyl (C=O) groups is 2. The number of thiol groups is 1. The van der Waals surface area contributed by atoms with E-state index in [1.165, 1.54) is 18.2 Å². The van der Waals surface area contributed by atoms with Gasteiger partial charge in [0.15, 0.2) is 0 Å². The van der Waals surface area contributed by atoms with E-state index in [0.717, 1.165) is 25.9 Å². The summed E-state index contributed by atoms with van der Waals surface area (Å²) in [4.78, 5) is 25.4. The van der Waals surface area contributed by atoms with E-state index in [-0.39, 0.29) is 17.3 Å². The highest BCUT2D eigenvalue weighted by atomic mass is 32.1. The van der Waals surface area contributed by atoms with Gasteiger partial charge < -0.3 is 10.2 Å². The van der Waals surface area contributed by atoms with Crippen LogP contribution in [-0.4, -0.2) is 36.3 Å². The summed E-state index contributed by atoms with van der Waals surface area (Å²) in [5, 5.41) is 2.54. The Morgan fingerprint density at radius 3 is 2.63 bits per heavy atom. The molecule has 1 saturated heterocycles. The Kier molecular flexibility index (Phi) is 4.42. The van der Waals surface area contributed by atoms with Crippen LogP contribution < -0.4 is 5.32 Å². The fourth-order valence-corrected chi connectivity index (χ4v) is 2.20. The second-order valence-corrected chi connectivity index (χ2v) is 4.92. The van der Waals surface area contributed by atoms with Gasteiger partial charge in [-0.3, -0.25) is 9.59 Å². The molecule has 19 heavy (non-hydrogen) atoms. The Hall–Kier alpha value is -1.56. The lowest BCUT2D eigenvalue weighted by Crippen LogP contribution is -2.38. The van der Waals surface area contributed by atoms with Crippen molar-refractivity contribution in [3.63, 3.8) is 0 Å². The first-order valence-electron chi connectivity index (χ1n) is 6.12. The first kappa shape index (κ1) is 13.9. The standard InChI is InChI=1S/C13H15FN2O2S/c14-10-4-3-9(7-11(10)19)13(18)15-8-12(17)16-5-1-2-6-16/h3-4,7,19H,1-2,5-6,8H2,(H,15,18). The fraction of sp³-hybridized carbons (Fsp3) is 0.385. The van der Waals surface area contributed by atoms with Gasteiger partial charge in [-0.2, -0.15) is 0 Å². The van der Waals surface area contributed by atoms with Crippen molar-refractivity contribution in [1.82, 2.24) is 10.2 Å². The van der Waals surface area contributed by atoms with E-state index < -0.39 is 11.7 Å². The number of carbonyl (C=O) groups excluding carboxylic acids is 2. The molecule has 1 aromatic carbocycles. The Labute approximate surface area is 116 Å². The normalized spacial score (nSPS) is 14.5. The van der Waals surface area contributed by atoms with Crippen LogP contribution in [0.5, 0.6) is 0 Å². The molecule has 1 fully saturated rings. The summed E-state index contributed by atoms with van der Waals surface area (Å²) in [6.45, 7) is 1.48. The van der Waals surface area contributed by atoms with Gasteiger partial charge in [0.1, 0.15) is 5.82 Å². The molecule has 1 N–H and O–H groups in total. The van der Waals surface area contributed by atoms with Crippen molar-refractivity contribution >= 4 is 24.4 Å². The highest BCUT2D eigenvalue weighted by Gasteiger charge is 2.18. The maximum atomic E-state index is 13.0. The van der Waals surface area contributed by atoms with Crippen LogP contribution in [0, 0.1) is 5.82 Å². The van der Waals surface area contributed by atoms with Gasteiger partial charge in [0.25, 0.3) is 5.91 Å². The molecular weight excluding hydrogens is 267 g/mol. The fourth-order valence-electron chi connectivity index (χ4n) is 1.99. The first-order valence-corrected chi connectivity index (χ1v) is 6.57. The molecular formula is C13H15FN2O2S. The number of nitrogens with zero attached hydrogens (tertiary/aromatic N) is 1. The predicted molar refractivity (Wildman–Crippen MR) is 71.8 cm³/mol. The monoisotopic (exact) mass is 282 g/mol. The van der Waals surface area contributed by atoms with Gasteiger partial charge >= 0.3 is 0 Å². The van der Waals surface area contributed by atoms with E-state index >= 15 is 0 Å². The molecule has 0 unspecified atom stereocenters. The number of likely N-dealkylation sites (tertiary alicyclic amines) is 1. The molecule has 2 rings (SSSR count). The van der Waals surface area contributed by atoms with Crippen molar-refractivity contribution in [2.75, 3.05) is 19.6 Å². The maximum absolute atomic E-state index is 13.0. The number of amides is 2. The van der Waals surface area contributed by atoms with Crippen LogP contribution in [0.4, 0.5) is 4.39 Å². The van der Waals surface area contributed by atoms with Gasteiger partial charge in [0.05, 0.1) is 6.54 Å². The van der Waals surface area contributed by atoms with Crippen LogP contribution >= 0.6 is 12.6 Å². The Morgan fingerprint density at radius 2 is 2.00 bits per heavy atom. The van der Waals surface area contributed by atoms with E-state index in [1.54, 1.807) is 4.90 Å². The van der Waals surface area contributed by atoms with Crippen LogP contribution in [0.25, 0.3) is 0 Å². The van der Waals surface area contributed by atoms with Gasteiger partial charge in [0.2, 0.25) is 5.91 Å². The summed E-state index contributed by atoms with van der Waals surface area (Å²) >= 11 is 3.91. The number of benzene rings is 1. The van der Waals surface area contributed by atoms with Crippen molar-refractivity contribution in [3.05, 3.63) is 29.6 Å². The van der Waals surface area contributed by atoms with Gasteiger partial charge in [-0.15, -0.1) is 12.6 Å². The summed E-state index contributed by atoms with van der Waals surface area (Å²) < 4.78 is 13.0. The van der Waals surface area contributed by atoms with Gasteiger partial charge in [-0.25, -0.2) is 4.39 Å². The second-order valence-electron chi connectivity index (χ2n) is 4.44. The highest BCUT2D eigenvalue weighted by Crippen LogP contribution is 2.14. The molecule has 0 bridgehead atoms. The van der Waals surface area contributed by atoms with Crippen LogP contribution in [-0.2, 0) is 4.79 Å². The zero-order chi connectivity index (χ0) is 13.8. The zero-order valence-corrected chi connectivity index (χ0v) is 11.3. The summed E-state index contributed by atoms with van der Waals surface area (Å²) in [5.41, 5.74) is 0.292. The molecule has 1 aliphatic rings. The van der Waals surface area contributed by atoms with Crippen molar-refractivity contribution in [2.24, 2.45) is 0 Å². The molecule has 0 atom stereocenters. The number of rotatable bonds is 3. The van der Waals surface area contributed by atoms with Crippen LogP contribution in [0.2, 0.25) is 0 Å². The van der Waals surface area contributed by atoms with E-state index in [2.05, 4.69) is 17.9 Å².